The second kappa shape index (κ2) is 9.81. The van der Waals surface area contributed by atoms with Crippen LogP contribution in [0.4, 0.5) is 5.69 Å². The highest BCUT2D eigenvalue weighted by molar-refractivity contribution is 5.94. The first-order valence-corrected chi connectivity index (χ1v) is 11.8. The molecule has 3 heterocycles. The number of aryl methyl sites for hydroxylation is 1. The van der Waals surface area contributed by atoms with Gasteiger partial charge in [0.1, 0.15) is 17.0 Å². The number of nitrogens with zero attached hydrogens (tertiary/aromatic N) is 4. The number of ether oxygens (including phenoxy) is 1. The Hall–Kier alpha value is -4.99. The minimum Gasteiger partial charge on any atom is -0.478 e. The molecule has 0 aliphatic carbocycles. The van der Waals surface area contributed by atoms with Crippen molar-refractivity contribution in [2.24, 2.45) is 0 Å². The van der Waals surface area contributed by atoms with Gasteiger partial charge in [-0.3, -0.25) is 4.79 Å². The summed E-state index contributed by atoms with van der Waals surface area (Å²) in [4.78, 5) is 33.4. The third kappa shape index (κ3) is 4.47. The van der Waals surface area contributed by atoms with E-state index >= 15 is 0 Å². The highest BCUT2D eigenvalue weighted by Gasteiger charge is 2.21. The number of aromatic carboxylic acids is 1. The normalized spacial score (nSPS) is 11.9. The summed E-state index contributed by atoms with van der Waals surface area (Å²) in [5, 5.41) is 17.7. The van der Waals surface area contributed by atoms with E-state index in [2.05, 4.69) is 20.4 Å². The van der Waals surface area contributed by atoms with Crippen molar-refractivity contribution in [1.29, 1.82) is 0 Å². The Labute approximate surface area is 217 Å². The zero-order valence-electron chi connectivity index (χ0n) is 21.2. The number of hydrogen-bond acceptors (Lipinski definition) is 8. The number of rotatable bonds is 7. The molecule has 38 heavy (non-hydrogen) atoms. The average molecular weight is 512 g/mol. The van der Waals surface area contributed by atoms with E-state index in [0.717, 1.165) is 11.1 Å². The average Bonchev–Trinajstić information content (AvgIpc) is 3.41. The van der Waals surface area contributed by atoms with Gasteiger partial charge in [-0.25, -0.2) is 19.4 Å². The van der Waals surface area contributed by atoms with Gasteiger partial charge < -0.3 is 19.6 Å². The van der Waals surface area contributed by atoms with E-state index in [1.165, 1.54) is 7.11 Å². The molecule has 10 heteroatoms. The molecule has 10 nitrogen and oxygen atoms in total. The van der Waals surface area contributed by atoms with E-state index in [9.17, 15) is 14.7 Å². The molecule has 0 fully saturated rings. The van der Waals surface area contributed by atoms with E-state index in [1.54, 1.807) is 66.7 Å². The summed E-state index contributed by atoms with van der Waals surface area (Å²) < 4.78 is 13.0. The molecular formula is C28H25N5O5. The molecule has 192 valence electrons. The maximum atomic E-state index is 13.5. The van der Waals surface area contributed by atoms with Gasteiger partial charge in [0.15, 0.2) is 5.43 Å². The molecule has 0 aliphatic rings. The predicted molar refractivity (Wildman–Crippen MR) is 142 cm³/mol. The summed E-state index contributed by atoms with van der Waals surface area (Å²) in [7, 11) is 1.49. The second-order valence-electron chi connectivity index (χ2n) is 8.93. The summed E-state index contributed by atoms with van der Waals surface area (Å²) in [5.41, 5.74) is 4.21. The molecule has 1 atom stereocenters. The first-order valence-electron chi connectivity index (χ1n) is 11.8. The summed E-state index contributed by atoms with van der Waals surface area (Å²) in [6.45, 7) is 5.53. The molecule has 5 rings (SSSR count). The highest BCUT2D eigenvalue weighted by Crippen LogP contribution is 2.32. The topological polar surface area (TPSA) is 132 Å². The number of methoxy groups -OCH3 is 1. The molecule has 0 bridgehead atoms. The molecule has 0 amide bonds. The molecule has 2 N–H and O–H groups in total. The van der Waals surface area contributed by atoms with Gasteiger partial charge in [0.25, 0.3) is 0 Å². The van der Waals surface area contributed by atoms with Crippen LogP contribution in [-0.2, 0) is 0 Å². The standard InChI is InChI=1S/C28H25N5O5/c1-15-9-21(17(3)32-23-8-6-5-7-20(23)27(35)36)26-22(10-15)24(34)16(2)25(38-26)18-11-31-33(14-18)19-12-29-28(37-4)30-13-19/h5-14,17,32H,1-4H3,(H,35,36)/t17-/m1/s1. The van der Waals surface area contributed by atoms with Crippen molar-refractivity contribution in [3.8, 4) is 23.0 Å². The first-order chi connectivity index (χ1) is 18.3. The number of aromatic nitrogens is 4. The quantitative estimate of drug-likeness (QED) is 0.312. The van der Waals surface area contributed by atoms with Crippen LogP contribution in [0.3, 0.4) is 0 Å². The molecule has 0 spiro atoms. The van der Waals surface area contributed by atoms with Gasteiger partial charge in [-0.05, 0) is 44.5 Å². The van der Waals surface area contributed by atoms with E-state index in [-0.39, 0.29) is 23.0 Å². The number of carbonyl (C=O) groups is 1. The molecule has 2 aromatic carbocycles. The van der Waals surface area contributed by atoms with Crippen molar-refractivity contribution in [1.82, 2.24) is 19.7 Å². The summed E-state index contributed by atoms with van der Waals surface area (Å²) in [5.74, 6) is -0.635. The molecule has 0 saturated carbocycles. The SMILES string of the molecule is COc1ncc(-n2cc(-c3oc4c([C@@H](C)Nc5ccccc5C(=O)O)cc(C)cc4c(=O)c3C)cn2)cn1. The molecular weight excluding hydrogens is 486 g/mol. The van der Waals surface area contributed by atoms with Crippen LogP contribution in [0.25, 0.3) is 28.0 Å². The van der Waals surface area contributed by atoms with Crippen LogP contribution in [-0.4, -0.2) is 37.9 Å². The molecule has 3 aromatic heterocycles. The van der Waals surface area contributed by atoms with Gasteiger partial charge in [-0.15, -0.1) is 0 Å². The van der Waals surface area contributed by atoms with E-state index in [1.807, 2.05) is 19.9 Å². The van der Waals surface area contributed by atoms with Gasteiger partial charge in [0.05, 0.1) is 48.3 Å². The molecule has 0 unspecified atom stereocenters. The fraction of sp³-hybridized carbons (Fsp3) is 0.179. The number of anilines is 1. The van der Waals surface area contributed by atoms with Crippen LogP contribution in [0.1, 0.15) is 40.0 Å². The molecule has 0 radical (unpaired) electrons. The summed E-state index contributed by atoms with van der Waals surface area (Å²) in [6.07, 6.45) is 6.51. The maximum absolute atomic E-state index is 13.5. The number of carboxylic acid groups (broad SMARTS) is 1. The summed E-state index contributed by atoms with van der Waals surface area (Å²) in [6, 6.07) is 10.3. The van der Waals surface area contributed by atoms with Crippen LogP contribution >= 0.6 is 0 Å². The third-order valence-corrected chi connectivity index (χ3v) is 6.29. The number of benzene rings is 2. The highest BCUT2D eigenvalue weighted by atomic mass is 16.5. The third-order valence-electron chi connectivity index (χ3n) is 6.29. The van der Waals surface area contributed by atoms with Crippen LogP contribution in [0.15, 0.2) is 70.4 Å². The Kier molecular flexibility index (Phi) is 6.38. The van der Waals surface area contributed by atoms with Crippen molar-refractivity contribution in [3.63, 3.8) is 0 Å². The Morgan fingerprint density at radius 3 is 2.58 bits per heavy atom. The molecule has 5 aromatic rings. The lowest BCUT2D eigenvalue weighted by Gasteiger charge is -2.19. The maximum Gasteiger partial charge on any atom is 0.337 e. The fourth-order valence-electron chi connectivity index (χ4n) is 4.39. The summed E-state index contributed by atoms with van der Waals surface area (Å²) >= 11 is 0. The number of carboxylic acids is 1. The Morgan fingerprint density at radius 1 is 1.13 bits per heavy atom. The van der Waals surface area contributed by atoms with Crippen LogP contribution in [0.5, 0.6) is 6.01 Å². The van der Waals surface area contributed by atoms with Crippen molar-refractivity contribution < 1.29 is 19.1 Å². The number of nitrogens with one attached hydrogen (secondary N) is 1. The van der Waals surface area contributed by atoms with Crippen LogP contribution < -0.4 is 15.5 Å². The van der Waals surface area contributed by atoms with Crippen molar-refractivity contribution >= 4 is 22.6 Å². The lowest BCUT2D eigenvalue weighted by atomic mass is 9.99. The lowest BCUT2D eigenvalue weighted by Crippen LogP contribution is -2.14. The van der Waals surface area contributed by atoms with E-state index < -0.39 is 5.97 Å². The fourth-order valence-corrected chi connectivity index (χ4v) is 4.39. The zero-order valence-corrected chi connectivity index (χ0v) is 21.2. The zero-order chi connectivity index (χ0) is 27.0. The van der Waals surface area contributed by atoms with Gasteiger partial charge in [0.2, 0.25) is 0 Å². The van der Waals surface area contributed by atoms with Crippen molar-refractivity contribution in [2.45, 2.75) is 26.8 Å². The van der Waals surface area contributed by atoms with Gasteiger partial charge >= 0.3 is 12.0 Å². The molecule has 0 saturated heterocycles. The van der Waals surface area contributed by atoms with Crippen molar-refractivity contribution in [2.75, 3.05) is 12.4 Å². The lowest BCUT2D eigenvalue weighted by molar-refractivity contribution is 0.0698. The van der Waals surface area contributed by atoms with Crippen molar-refractivity contribution in [3.05, 3.63) is 93.7 Å². The predicted octanol–water partition coefficient (Wildman–Crippen LogP) is 4.93. The second-order valence-corrected chi connectivity index (χ2v) is 8.93. The molecule has 0 aliphatic heterocycles. The smallest absolute Gasteiger partial charge is 0.337 e. The van der Waals surface area contributed by atoms with Crippen LogP contribution in [0, 0.1) is 13.8 Å². The van der Waals surface area contributed by atoms with Gasteiger partial charge in [-0.2, -0.15) is 5.10 Å². The van der Waals surface area contributed by atoms with Crippen LogP contribution in [0.2, 0.25) is 0 Å². The number of hydrogen-bond donors (Lipinski definition) is 2. The van der Waals surface area contributed by atoms with E-state index in [4.69, 9.17) is 9.15 Å². The minimum atomic E-state index is -1.03. The Bertz CT molecular complexity index is 1720. The van der Waals surface area contributed by atoms with Gasteiger partial charge in [0, 0.05) is 23.0 Å². The van der Waals surface area contributed by atoms with E-state index in [0.29, 0.717) is 39.2 Å². The largest absolute Gasteiger partial charge is 0.478 e. The number of para-hydroxylation sites is 1. The Balaban J connectivity index is 1.60. The monoisotopic (exact) mass is 511 g/mol. The van der Waals surface area contributed by atoms with Gasteiger partial charge in [-0.1, -0.05) is 18.2 Å². The first kappa shape index (κ1) is 24.7. The number of fused-ring (bicyclic) bond motifs is 1. The minimum absolute atomic E-state index is 0.148. The Morgan fingerprint density at radius 2 is 1.87 bits per heavy atom.